The lowest BCUT2D eigenvalue weighted by molar-refractivity contribution is 0.416. The molecule has 0 saturated heterocycles. The molecular weight excluding hydrogens is 242 g/mol. The molecule has 2 rings (SSSR count). The van der Waals surface area contributed by atoms with E-state index in [1.54, 1.807) is 20.2 Å². The van der Waals surface area contributed by atoms with Crippen LogP contribution in [-0.2, 0) is 13.6 Å². The van der Waals surface area contributed by atoms with Crippen molar-refractivity contribution >= 4 is 0 Å². The highest BCUT2D eigenvalue weighted by molar-refractivity contribution is 5.68. The summed E-state index contributed by atoms with van der Waals surface area (Å²) >= 11 is 0. The molecule has 5 heteroatoms. The van der Waals surface area contributed by atoms with Gasteiger partial charge in [-0.1, -0.05) is 11.6 Å². The molecule has 0 fully saturated rings. The summed E-state index contributed by atoms with van der Waals surface area (Å²) in [4.78, 5) is 11.8. The van der Waals surface area contributed by atoms with Gasteiger partial charge in [0.15, 0.2) is 0 Å². The van der Waals surface area contributed by atoms with Crippen LogP contribution < -0.4 is 16.0 Å². The van der Waals surface area contributed by atoms with Crippen LogP contribution in [0.25, 0.3) is 11.3 Å². The number of methoxy groups -OCH3 is 1. The second kappa shape index (κ2) is 5.24. The number of rotatable bonds is 3. The third kappa shape index (κ3) is 2.51. The molecule has 0 radical (unpaired) electrons. The number of hydrogen-bond acceptors (Lipinski definition) is 4. The molecule has 0 unspecified atom stereocenters. The molecule has 0 atom stereocenters. The Bertz CT molecular complexity index is 662. The topological polar surface area (TPSA) is 70.1 Å². The first-order valence-electron chi connectivity index (χ1n) is 5.99. The molecule has 2 N–H and O–H groups in total. The van der Waals surface area contributed by atoms with Crippen molar-refractivity contribution in [3.05, 3.63) is 45.7 Å². The fourth-order valence-corrected chi connectivity index (χ4v) is 1.97. The predicted molar refractivity (Wildman–Crippen MR) is 74.1 cm³/mol. The fourth-order valence-electron chi connectivity index (χ4n) is 1.97. The highest BCUT2D eigenvalue weighted by Gasteiger charge is 2.11. The van der Waals surface area contributed by atoms with E-state index in [2.05, 4.69) is 5.10 Å². The third-order valence-electron chi connectivity index (χ3n) is 2.99. The molecule has 0 amide bonds. The number of nitrogens with zero attached hydrogens (tertiary/aromatic N) is 2. The number of aryl methyl sites for hydroxylation is 2. The van der Waals surface area contributed by atoms with Crippen molar-refractivity contribution in [2.45, 2.75) is 13.5 Å². The predicted octanol–water partition coefficient (Wildman–Crippen LogP) is 1.22. The molecule has 0 spiro atoms. The van der Waals surface area contributed by atoms with E-state index in [1.807, 2.05) is 25.1 Å². The summed E-state index contributed by atoms with van der Waals surface area (Å²) in [6.45, 7) is 2.19. The summed E-state index contributed by atoms with van der Waals surface area (Å²) in [5.41, 5.74) is 8.60. The van der Waals surface area contributed by atoms with Crippen molar-refractivity contribution in [3.63, 3.8) is 0 Å². The molecule has 0 saturated carbocycles. The largest absolute Gasteiger partial charge is 0.496 e. The zero-order valence-electron chi connectivity index (χ0n) is 11.3. The smallest absolute Gasteiger partial charge is 0.271 e. The maximum Gasteiger partial charge on any atom is 0.271 e. The van der Waals surface area contributed by atoms with Gasteiger partial charge in [0.2, 0.25) is 0 Å². The van der Waals surface area contributed by atoms with Gasteiger partial charge in [0.25, 0.3) is 5.56 Å². The molecule has 2 aromatic rings. The van der Waals surface area contributed by atoms with E-state index in [1.165, 1.54) is 4.68 Å². The van der Waals surface area contributed by atoms with Crippen molar-refractivity contribution < 1.29 is 4.74 Å². The van der Waals surface area contributed by atoms with Crippen molar-refractivity contribution in [1.82, 2.24) is 9.78 Å². The van der Waals surface area contributed by atoms with Crippen LogP contribution in [0.5, 0.6) is 5.75 Å². The van der Waals surface area contributed by atoms with E-state index in [9.17, 15) is 4.79 Å². The third-order valence-corrected chi connectivity index (χ3v) is 2.99. The second-order valence-corrected chi connectivity index (χ2v) is 4.39. The maximum absolute atomic E-state index is 11.8. The number of aromatic nitrogens is 2. The molecule has 19 heavy (non-hydrogen) atoms. The normalized spacial score (nSPS) is 10.5. The lowest BCUT2D eigenvalue weighted by atomic mass is 10.1. The zero-order valence-corrected chi connectivity index (χ0v) is 11.3. The molecule has 0 aliphatic heterocycles. The summed E-state index contributed by atoms with van der Waals surface area (Å²) in [6.07, 6.45) is 0. The van der Waals surface area contributed by atoms with E-state index in [4.69, 9.17) is 10.5 Å². The molecular formula is C14H17N3O2. The molecule has 100 valence electrons. The summed E-state index contributed by atoms with van der Waals surface area (Å²) in [7, 11) is 3.23. The minimum Gasteiger partial charge on any atom is -0.496 e. The Morgan fingerprint density at radius 2 is 2.11 bits per heavy atom. The maximum atomic E-state index is 11.8. The van der Waals surface area contributed by atoms with E-state index in [-0.39, 0.29) is 12.1 Å². The molecule has 1 aromatic heterocycles. The highest BCUT2D eigenvalue weighted by Crippen LogP contribution is 2.29. The van der Waals surface area contributed by atoms with Crippen molar-refractivity contribution in [2.75, 3.05) is 7.11 Å². The first kappa shape index (κ1) is 13.3. The van der Waals surface area contributed by atoms with Crippen LogP contribution >= 0.6 is 0 Å². The first-order valence-corrected chi connectivity index (χ1v) is 5.99. The Kier molecular flexibility index (Phi) is 3.66. The Hall–Kier alpha value is -2.14. The molecule has 0 aliphatic rings. The Balaban J connectivity index is 2.68. The van der Waals surface area contributed by atoms with Gasteiger partial charge in [-0.3, -0.25) is 4.79 Å². The van der Waals surface area contributed by atoms with Gasteiger partial charge in [-0.15, -0.1) is 0 Å². The van der Waals surface area contributed by atoms with Gasteiger partial charge < -0.3 is 10.5 Å². The summed E-state index contributed by atoms with van der Waals surface area (Å²) in [5.74, 6) is 0.722. The Labute approximate surface area is 111 Å². The summed E-state index contributed by atoms with van der Waals surface area (Å²) in [5, 5.41) is 4.27. The van der Waals surface area contributed by atoms with Crippen LogP contribution in [0.1, 0.15) is 11.1 Å². The quantitative estimate of drug-likeness (QED) is 0.899. The fraction of sp³-hybridized carbons (Fsp3) is 0.286. The molecule has 1 heterocycles. The van der Waals surface area contributed by atoms with Gasteiger partial charge in [0, 0.05) is 24.7 Å². The van der Waals surface area contributed by atoms with Gasteiger partial charge in [0.1, 0.15) is 5.75 Å². The average molecular weight is 259 g/mol. The lowest BCUT2D eigenvalue weighted by Gasteiger charge is -2.11. The van der Waals surface area contributed by atoms with Crippen molar-refractivity contribution in [3.8, 4) is 17.0 Å². The van der Waals surface area contributed by atoms with Crippen LogP contribution in [0.2, 0.25) is 0 Å². The van der Waals surface area contributed by atoms with Crippen molar-refractivity contribution in [1.29, 1.82) is 0 Å². The van der Waals surface area contributed by atoms with Crippen molar-refractivity contribution in [2.24, 2.45) is 12.8 Å². The van der Waals surface area contributed by atoms with Crippen LogP contribution in [0.15, 0.2) is 29.1 Å². The van der Waals surface area contributed by atoms with E-state index >= 15 is 0 Å². The lowest BCUT2D eigenvalue weighted by Crippen LogP contribution is -2.25. The molecule has 0 bridgehead atoms. The summed E-state index contributed by atoms with van der Waals surface area (Å²) in [6, 6.07) is 7.55. The minimum absolute atomic E-state index is 0.169. The zero-order chi connectivity index (χ0) is 14.0. The first-order chi connectivity index (χ1) is 9.06. The van der Waals surface area contributed by atoms with E-state index < -0.39 is 0 Å². The van der Waals surface area contributed by atoms with Gasteiger partial charge in [0.05, 0.1) is 12.8 Å². The number of nitrogens with two attached hydrogens (primary N) is 1. The SMILES string of the molecule is COc1ccc(C)cc1-c1cc(CN)c(=O)n(C)n1. The van der Waals surface area contributed by atoms with Crippen LogP contribution in [0, 0.1) is 6.92 Å². The number of benzene rings is 1. The van der Waals surface area contributed by atoms with Gasteiger partial charge in [-0.05, 0) is 25.1 Å². The Morgan fingerprint density at radius 3 is 2.74 bits per heavy atom. The van der Waals surface area contributed by atoms with Crippen LogP contribution in [0.4, 0.5) is 0 Å². The van der Waals surface area contributed by atoms with Gasteiger partial charge >= 0.3 is 0 Å². The molecule has 5 nitrogen and oxygen atoms in total. The van der Waals surface area contributed by atoms with Gasteiger partial charge in [-0.25, -0.2) is 4.68 Å². The summed E-state index contributed by atoms with van der Waals surface area (Å²) < 4.78 is 6.64. The standard InChI is InChI=1S/C14H17N3O2/c1-9-4-5-13(19-3)11(6-9)12-7-10(8-15)14(18)17(2)16-12/h4-7H,8,15H2,1-3H3. The van der Waals surface area contributed by atoms with Gasteiger partial charge in [-0.2, -0.15) is 5.10 Å². The minimum atomic E-state index is -0.169. The van der Waals surface area contributed by atoms with Crippen LogP contribution in [-0.4, -0.2) is 16.9 Å². The molecule has 1 aromatic carbocycles. The molecule has 0 aliphatic carbocycles. The van der Waals surface area contributed by atoms with E-state index in [0.29, 0.717) is 11.3 Å². The van der Waals surface area contributed by atoms with E-state index in [0.717, 1.165) is 16.9 Å². The monoisotopic (exact) mass is 259 g/mol. The second-order valence-electron chi connectivity index (χ2n) is 4.39. The number of hydrogen-bond donors (Lipinski definition) is 1. The van der Waals surface area contributed by atoms with Crippen LogP contribution in [0.3, 0.4) is 0 Å². The highest BCUT2D eigenvalue weighted by atomic mass is 16.5. The Morgan fingerprint density at radius 1 is 1.37 bits per heavy atom. The number of ether oxygens (including phenoxy) is 1. The average Bonchev–Trinajstić information content (AvgIpc) is 2.41.